The molecular formula is C25H37NO2. The number of carbonyl (C=O) groups excluding carboxylic acids is 1. The molecule has 0 radical (unpaired) electrons. The van der Waals surface area contributed by atoms with Crippen LogP contribution in [0.25, 0.3) is 0 Å². The van der Waals surface area contributed by atoms with E-state index in [0.717, 1.165) is 25.7 Å². The van der Waals surface area contributed by atoms with Crippen molar-refractivity contribution in [2.24, 2.45) is 28.6 Å². The number of Topliss-reactive ketones (excluding diaryl/α,β-unsaturated/α-hetero) is 1. The molecule has 5 unspecified atom stereocenters. The number of nitrogens with zero attached hydrogens (tertiary/aromatic N) is 1. The lowest BCUT2D eigenvalue weighted by molar-refractivity contribution is -0.158. The summed E-state index contributed by atoms with van der Waals surface area (Å²) < 4.78 is 0. The summed E-state index contributed by atoms with van der Waals surface area (Å²) in [6, 6.07) is 0. The number of likely N-dealkylation sites (tertiary alicyclic amines) is 1. The van der Waals surface area contributed by atoms with Crippen LogP contribution in [0.5, 0.6) is 0 Å². The van der Waals surface area contributed by atoms with E-state index in [-0.39, 0.29) is 16.6 Å². The lowest BCUT2D eigenvalue weighted by Gasteiger charge is -2.58. The van der Waals surface area contributed by atoms with Crippen molar-refractivity contribution in [2.75, 3.05) is 13.1 Å². The fourth-order valence-electron chi connectivity index (χ4n) is 8.16. The van der Waals surface area contributed by atoms with Crippen LogP contribution < -0.4 is 0 Å². The first-order chi connectivity index (χ1) is 13.3. The van der Waals surface area contributed by atoms with E-state index < -0.39 is 5.60 Å². The maximum absolute atomic E-state index is 12.4. The van der Waals surface area contributed by atoms with Crippen LogP contribution in [-0.4, -0.2) is 34.5 Å². The highest BCUT2D eigenvalue weighted by atomic mass is 16.3. The molecular weight excluding hydrogens is 346 g/mol. The van der Waals surface area contributed by atoms with Crippen molar-refractivity contribution < 1.29 is 9.90 Å². The Balaban J connectivity index is 1.46. The smallest absolute Gasteiger partial charge is 0.161 e. The van der Waals surface area contributed by atoms with Gasteiger partial charge in [-0.1, -0.05) is 19.9 Å². The third-order valence-corrected chi connectivity index (χ3v) is 9.99. The molecule has 1 N–H and O–H groups in total. The van der Waals surface area contributed by atoms with Gasteiger partial charge in [-0.25, -0.2) is 0 Å². The van der Waals surface area contributed by atoms with Crippen LogP contribution >= 0.6 is 0 Å². The fourth-order valence-corrected chi connectivity index (χ4v) is 8.16. The number of aliphatic hydroxyl groups is 1. The number of carbonyl (C=O) groups is 1. The standard InChI is InChI=1S/C25H37NO2/c1-17(27)25(28)13-10-22-20-7-6-18-16-19(26-14-4-5-15-26)8-11-23(18,2)21(20)9-12-24(22,25)3/h6,16,20-22,28H,4-5,7-15H2,1-3H3/t20?,21?,22?,23?,24?,25-/m0/s1. The summed E-state index contributed by atoms with van der Waals surface area (Å²) >= 11 is 0. The first kappa shape index (κ1) is 18.9. The maximum Gasteiger partial charge on any atom is 0.161 e. The summed E-state index contributed by atoms with van der Waals surface area (Å²) in [5.74, 6) is 1.81. The molecule has 3 fully saturated rings. The number of allylic oxidation sites excluding steroid dienone is 4. The molecule has 3 nitrogen and oxygen atoms in total. The molecule has 6 atom stereocenters. The molecule has 28 heavy (non-hydrogen) atoms. The lowest BCUT2D eigenvalue weighted by Crippen LogP contribution is -2.56. The van der Waals surface area contributed by atoms with Gasteiger partial charge in [0.05, 0.1) is 0 Å². The van der Waals surface area contributed by atoms with Gasteiger partial charge in [0.2, 0.25) is 0 Å². The molecule has 154 valence electrons. The van der Waals surface area contributed by atoms with Gasteiger partial charge in [-0.2, -0.15) is 0 Å². The Labute approximate surface area is 170 Å². The zero-order valence-corrected chi connectivity index (χ0v) is 18.0. The molecule has 0 aromatic heterocycles. The Kier molecular flexibility index (Phi) is 4.19. The molecule has 0 bridgehead atoms. The summed E-state index contributed by atoms with van der Waals surface area (Å²) in [6.45, 7) is 8.82. The molecule has 5 aliphatic rings. The first-order valence-corrected chi connectivity index (χ1v) is 11.7. The molecule has 1 heterocycles. The summed E-state index contributed by atoms with van der Waals surface area (Å²) in [5.41, 5.74) is 2.12. The van der Waals surface area contributed by atoms with Gasteiger partial charge in [0.1, 0.15) is 5.60 Å². The topological polar surface area (TPSA) is 40.5 Å². The van der Waals surface area contributed by atoms with E-state index in [1.807, 2.05) is 0 Å². The molecule has 3 heteroatoms. The van der Waals surface area contributed by atoms with Crippen LogP contribution in [0.2, 0.25) is 0 Å². The van der Waals surface area contributed by atoms with Crippen LogP contribution in [0.3, 0.4) is 0 Å². The van der Waals surface area contributed by atoms with Gasteiger partial charge in [0.15, 0.2) is 5.78 Å². The zero-order chi connectivity index (χ0) is 19.7. The van der Waals surface area contributed by atoms with Crippen LogP contribution in [0, 0.1) is 28.6 Å². The highest BCUT2D eigenvalue weighted by Gasteiger charge is 2.65. The van der Waals surface area contributed by atoms with Crippen molar-refractivity contribution in [3.63, 3.8) is 0 Å². The van der Waals surface area contributed by atoms with Gasteiger partial charge in [0, 0.05) is 24.2 Å². The van der Waals surface area contributed by atoms with Crippen molar-refractivity contribution in [2.45, 2.75) is 84.2 Å². The SMILES string of the molecule is CC(=O)[C@@]1(O)CCC2C3CC=C4C=C(N5CCCC5)CCC4(C)C3CCC21C. The van der Waals surface area contributed by atoms with Gasteiger partial charge in [-0.3, -0.25) is 4.79 Å². The zero-order valence-electron chi connectivity index (χ0n) is 18.0. The average Bonchev–Trinajstić information content (AvgIpc) is 3.29. The number of hydrogen-bond acceptors (Lipinski definition) is 3. The minimum absolute atomic E-state index is 0.00921. The largest absolute Gasteiger partial charge is 0.382 e. The van der Waals surface area contributed by atoms with Crippen LogP contribution in [-0.2, 0) is 4.79 Å². The van der Waals surface area contributed by atoms with E-state index in [4.69, 9.17) is 0 Å². The Hall–Kier alpha value is -1.09. The number of hydrogen-bond donors (Lipinski definition) is 1. The van der Waals surface area contributed by atoms with Gasteiger partial charge >= 0.3 is 0 Å². The van der Waals surface area contributed by atoms with E-state index in [1.165, 1.54) is 38.8 Å². The van der Waals surface area contributed by atoms with E-state index in [2.05, 4.69) is 30.9 Å². The van der Waals surface area contributed by atoms with E-state index in [1.54, 1.807) is 18.2 Å². The normalized spacial score (nSPS) is 47.7. The van der Waals surface area contributed by atoms with Gasteiger partial charge in [0.25, 0.3) is 0 Å². The number of rotatable bonds is 2. The van der Waals surface area contributed by atoms with Crippen molar-refractivity contribution >= 4 is 5.78 Å². The molecule has 1 saturated heterocycles. The maximum atomic E-state index is 12.4. The van der Waals surface area contributed by atoms with Crippen molar-refractivity contribution in [1.29, 1.82) is 0 Å². The van der Waals surface area contributed by atoms with E-state index in [0.29, 0.717) is 24.2 Å². The quantitative estimate of drug-likeness (QED) is 0.740. The highest BCUT2D eigenvalue weighted by Crippen LogP contribution is 2.67. The monoisotopic (exact) mass is 383 g/mol. The second kappa shape index (κ2) is 6.20. The minimum atomic E-state index is -1.09. The van der Waals surface area contributed by atoms with Crippen molar-refractivity contribution in [1.82, 2.24) is 4.90 Å². The van der Waals surface area contributed by atoms with Crippen LogP contribution in [0.4, 0.5) is 0 Å². The molecule has 4 aliphatic carbocycles. The molecule has 5 rings (SSSR count). The molecule has 1 aliphatic heterocycles. The summed E-state index contributed by atoms with van der Waals surface area (Å²) in [4.78, 5) is 15.0. The second-order valence-corrected chi connectivity index (χ2v) is 10.9. The van der Waals surface area contributed by atoms with Crippen LogP contribution in [0.15, 0.2) is 23.4 Å². The van der Waals surface area contributed by atoms with Gasteiger partial charge in [-0.05, 0) is 99.5 Å². The van der Waals surface area contributed by atoms with Crippen molar-refractivity contribution in [3.8, 4) is 0 Å². The molecule has 0 amide bonds. The molecule has 0 aromatic carbocycles. The molecule has 0 aromatic rings. The summed E-state index contributed by atoms with van der Waals surface area (Å²) in [6.07, 6.45) is 15.2. The highest BCUT2D eigenvalue weighted by molar-refractivity contribution is 5.86. The Morgan fingerprint density at radius 3 is 2.54 bits per heavy atom. The first-order valence-electron chi connectivity index (χ1n) is 11.7. The van der Waals surface area contributed by atoms with E-state index in [9.17, 15) is 9.90 Å². The molecule has 0 spiro atoms. The summed E-state index contributed by atoms with van der Waals surface area (Å²) in [5, 5.41) is 11.3. The minimum Gasteiger partial charge on any atom is -0.382 e. The predicted molar refractivity (Wildman–Crippen MR) is 112 cm³/mol. The average molecular weight is 384 g/mol. The van der Waals surface area contributed by atoms with Gasteiger partial charge < -0.3 is 10.0 Å². The Morgan fingerprint density at radius 2 is 1.82 bits per heavy atom. The Morgan fingerprint density at radius 1 is 1.11 bits per heavy atom. The number of ketones is 1. The predicted octanol–water partition coefficient (Wildman–Crippen LogP) is 4.86. The third-order valence-electron chi connectivity index (χ3n) is 9.99. The van der Waals surface area contributed by atoms with Gasteiger partial charge in [-0.15, -0.1) is 0 Å². The van der Waals surface area contributed by atoms with Crippen LogP contribution in [0.1, 0.15) is 78.6 Å². The van der Waals surface area contributed by atoms with E-state index >= 15 is 0 Å². The number of fused-ring (bicyclic) bond motifs is 5. The van der Waals surface area contributed by atoms with Crippen molar-refractivity contribution in [3.05, 3.63) is 23.4 Å². The summed E-state index contributed by atoms with van der Waals surface area (Å²) in [7, 11) is 0. The second-order valence-electron chi connectivity index (χ2n) is 10.9. The molecule has 2 saturated carbocycles. The lowest BCUT2D eigenvalue weighted by atomic mass is 9.47. The third kappa shape index (κ3) is 2.35. The fraction of sp³-hybridized carbons (Fsp3) is 0.800. The Bertz CT molecular complexity index is 748.